The molecule has 0 spiro atoms. The van der Waals surface area contributed by atoms with Crippen molar-refractivity contribution in [3.05, 3.63) is 30.9 Å². The number of hydrogen-bond acceptors (Lipinski definition) is 2. The van der Waals surface area contributed by atoms with Gasteiger partial charge in [0.05, 0.1) is 20.1 Å². The van der Waals surface area contributed by atoms with Crippen LogP contribution in [0.4, 0.5) is 11.4 Å². The number of nitrogens with zero attached hydrogens (tertiary/aromatic N) is 4. The summed E-state index contributed by atoms with van der Waals surface area (Å²) in [6.45, 7) is 0. The highest BCUT2D eigenvalue weighted by Crippen LogP contribution is 2.49. The van der Waals surface area contributed by atoms with Crippen molar-refractivity contribution in [2.75, 3.05) is 0 Å². The molecule has 8 heteroatoms. The van der Waals surface area contributed by atoms with Crippen molar-refractivity contribution in [2.24, 2.45) is 9.98 Å². The minimum atomic E-state index is -0.0772. The highest BCUT2D eigenvalue weighted by molar-refractivity contribution is 6.52. The molecule has 0 saturated carbocycles. The van der Waals surface area contributed by atoms with Gasteiger partial charge in [-0.15, -0.1) is 0 Å². The van der Waals surface area contributed by atoms with Crippen molar-refractivity contribution in [3.63, 3.8) is 0 Å². The van der Waals surface area contributed by atoms with E-state index < -0.39 is 0 Å². The normalized spacial score (nSPS) is 9.25. The zero-order valence-electron chi connectivity index (χ0n) is 7.30. The van der Waals surface area contributed by atoms with E-state index >= 15 is 0 Å². The van der Waals surface area contributed by atoms with E-state index in [1.165, 1.54) is 12.0 Å². The van der Waals surface area contributed by atoms with Crippen molar-refractivity contribution < 1.29 is 0 Å². The van der Waals surface area contributed by atoms with E-state index in [4.69, 9.17) is 57.2 Å². The van der Waals surface area contributed by atoms with Gasteiger partial charge in [-0.05, 0) is 0 Å². The second-order valence-electron chi connectivity index (χ2n) is 2.38. The van der Waals surface area contributed by atoms with Crippen molar-refractivity contribution in [3.8, 4) is 0 Å². The highest BCUT2D eigenvalue weighted by Gasteiger charge is 2.13. The van der Waals surface area contributed by atoms with Gasteiger partial charge in [-0.2, -0.15) is 12.0 Å². The molecule has 16 heavy (non-hydrogen) atoms. The Morgan fingerprint density at radius 3 is 1.12 bits per heavy atom. The Hall–Kier alpha value is -0.860. The molecule has 1 aromatic carbocycles. The minimum absolute atomic E-state index is 0.0438. The molecule has 4 nitrogen and oxygen atoms in total. The third kappa shape index (κ3) is 2.28. The monoisotopic (exact) mass is 292 g/mol. The van der Waals surface area contributed by atoms with Gasteiger partial charge in [-0.1, -0.05) is 46.4 Å². The SMILES string of the molecule is [N-]=C=Nc1c(Cl)c(Cl)c(N=C=[N-])c(Cl)c1Cl. The smallest absolute Gasteiger partial charge is 0.0647 e. The fraction of sp³-hybridized carbons (Fsp3) is 0. The molecule has 0 aliphatic carbocycles. The summed E-state index contributed by atoms with van der Waals surface area (Å²) >= 11 is 23.2. The molecule has 0 amide bonds. The topological polar surface area (TPSA) is 69.3 Å². The van der Waals surface area contributed by atoms with Gasteiger partial charge in [-0.3, -0.25) is 0 Å². The summed E-state index contributed by atoms with van der Waals surface area (Å²) in [6.07, 6.45) is 0. The van der Waals surface area contributed by atoms with Gasteiger partial charge in [0.1, 0.15) is 0 Å². The molecule has 1 rings (SSSR count). The highest BCUT2D eigenvalue weighted by atomic mass is 35.5. The molecule has 1 aromatic rings. The minimum Gasteiger partial charge on any atom is -0.422 e. The Kier molecular flexibility index (Phi) is 4.51. The van der Waals surface area contributed by atoms with Crippen LogP contribution in [-0.2, 0) is 0 Å². The molecular formula is C8Cl4N4-2. The van der Waals surface area contributed by atoms with Crippen molar-refractivity contribution in [1.29, 1.82) is 0 Å². The maximum Gasteiger partial charge on any atom is 0.0647 e. The van der Waals surface area contributed by atoms with Crippen LogP contribution in [0.2, 0.25) is 20.1 Å². The third-order valence-electron chi connectivity index (χ3n) is 1.54. The van der Waals surface area contributed by atoms with Gasteiger partial charge in [0.25, 0.3) is 0 Å². The van der Waals surface area contributed by atoms with Crippen molar-refractivity contribution >= 4 is 69.8 Å². The molecule has 0 heterocycles. The Balaban J connectivity index is 3.75. The molecule has 0 radical (unpaired) electrons. The average Bonchev–Trinajstić information content (AvgIpc) is 2.28. The van der Waals surface area contributed by atoms with Gasteiger partial charge in [0.2, 0.25) is 0 Å². The summed E-state index contributed by atoms with van der Waals surface area (Å²) in [4.78, 5) is 6.75. The Bertz CT molecular complexity index is 463. The van der Waals surface area contributed by atoms with Crippen LogP contribution in [-0.4, -0.2) is 12.0 Å². The first-order valence-corrected chi connectivity index (χ1v) is 5.11. The van der Waals surface area contributed by atoms with Crippen LogP contribution in [0, 0.1) is 0 Å². The van der Waals surface area contributed by atoms with E-state index in [9.17, 15) is 0 Å². The number of benzene rings is 1. The van der Waals surface area contributed by atoms with E-state index in [-0.39, 0.29) is 31.5 Å². The van der Waals surface area contributed by atoms with Crippen LogP contribution in [0.1, 0.15) is 0 Å². The largest absolute Gasteiger partial charge is 0.422 e. The second-order valence-corrected chi connectivity index (χ2v) is 3.89. The first-order valence-electron chi connectivity index (χ1n) is 3.60. The fourth-order valence-corrected chi connectivity index (χ4v) is 1.91. The molecule has 0 aliphatic heterocycles. The van der Waals surface area contributed by atoms with Gasteiger partial charge in [0.15, 0.2) is 0 Å². The standard InChI is InChI=1S/C8Cl4N4/c9-3-5(11)8(16-2-14)6(12)4(10)7(3)15-1-13/q-2. The molecule has 0 fully saturated rings. The number of rotatable bonds is 2. The van der Waals surface area contributed by atoms with E-state index in [0.717, 1.165) is 0 Å². The van der Waals surface area contributed by atoms with Crippen LogP contribution < -0.4 is 0 Å². The summed E-state index contributed by atoms with van der Waals surface area (Å²) in [5.74, 6) is 0. The zero-order chi connectivity index (χ0) is 12.3. The quantitative estimate of drug-likeness (QED) is 0.541. The predicted octanol–water partition coefficient (Wildman–Crippen LogP) is 5.05. The van der Waals surface area contributed by atoms with Gasteiger partial charge in [-0.25, -0.2) is 0 Å². The molecule has 0 atom stereocenters. The Morgan fingerprint density at radius 2 is 0.938 bits per heavy atom. The van der Waals surface area contributed by atoms with E-state index in [1.807, 2.05) is 0 Å². The van der Waals surface area contributed by atoms with Gasteiger partial charge >= 0.3 is 0 Å². The molecule has 0 unspecified atom stereocenters. The lowest BCUT2D eigenvalue weighted by atomic mass is 10.3. The molecular weight excluding hydrogens is 294 g/mol. The molecule has 0 saturated heterocycles. The molecule has 0 aliphatic rings. The molecule has 0 N–H and O–H groups in total. The Morgan fingerprint density at radius 1 is 0.688 bits per heavy atom. The second kappa shape index (κ2) is 5.46. The average molecular weight is 294 g/mol. The van der Waals surface area contributed by atoms with Gasteiger partial charge < -0.3 is 20.8 Å². The summed E-state index contributed by atoms with van der Waals surface area (Å²) < 4.78 is 0. The van der Waals surface area contributed by atoms with Crippen molar-refractivity contribution in [2.45, 2.75) is 0 Å². The van der Waals surface area contributed by atoms with Crippen LogP contribution in [0.5, 0.6) is 0 Å². The van der Waals surface area contributed by atoms with E-state index in [1.54, 1.807) is 0 Å². The van der Waals surface area contributed by atoms with Gasteiger partial charge in [0, 0.05) is 11.4 Å². The summed E-state index contributed by atoms with van der Waals surface area (Å²) in [7, 11) is 0. The first kappa shape index (κ1) is 13.2. The lowest BCUT2D eigenvalue weighted by Crippen LogP contribution is -1.79. The summed E-state index contributed by atoms with van der Waals surface area (Å²) in [5, 5.41) is 16.5. The predicted molar refractivity (Wildman–Crippen MR) is 67.4 cm³/mol. The third-order valence-corrected chi connectivity index (χ3v) is 3.21. The fourth-order valence-electron chi connectivity index (χ4n) is 0.905. The lowest BCUT2D eigenvalue weighted by molar-refractivity contribution is 1.49. The maximum absolute atomic E-state index is 8.43. The van der Waals surface area contributed by atoms with E-state index in [0.29, 0.717) is 0 Å². The van der Waals surface area contributed by atoms with Crippen LogP contribution in [0.15, 0.2) is 9.98 Å². The van der Waals surface area contributed by atoms with Crippen molar-refractivity contribution in [1.82, 2.24) is 0 Å². The summed E-state index contributed by atoms with van der Waals surface area (Å²) in [5.41, 5.74) is -0.0875. The maximum atomic E-state index is 8.43. The van der Waals surface area contributed by atoms with Crippen LogP contribution in [0.3, 0.4) is 0 Å². The lowest BCUT2D eigenvalue weighted by Gasteiger charge is -2.15. The van der Waals surface area contributed by atoms with Crippen LogP contribution in [0.25, 0.3) is 10.8 Å². The zero-order valence-corrected chi connectivity index (χ0v) is 10.3. The van der Waals surface area contributed by atoms with Crippen LogP contribution >= 0.6 is 46.4 Å². The molecule has 82 valence electrons. The van der Waals surface area contributed by atoms with E-state index in [2.05, 4.69) is 9.98 Å². The first-order chi connectivity index (χ1) is 7.54. The number of aliphatic imine (C=N–C) groups is 2. The molecule has 0 bridgehead atoms. The number of halogens is 4. The Labute approximate surface area is 111 Å². The summed E-state index contributed by atoms with van der Waals surface area (Å²) in [6, 6.07) is 3.03. The molecule has 0 aromatic heterocycles. The number of hydrogen-bond donors (Lipinski definition) is 0.